The third-order valence-electron chi connectivity index (χ3n) is 5.35. The van der Waals surface area contributed by atoms with Crippen molar-refractivity contribution in [2.75, 3.05) is 12.8 Å². The maximum Gasteiger partial charge on any atom is 0.335 e. The number of rotatable bonds is 7. The number of carboxylic acid groups (broad SMARTS) is 1. The predicted molar refractivity (Wildman–Crippen MR) is 119 cm³/mol. The van der Waals surface area contributed by atoms with E-state index in [2.05, 4.69) is 21.5 Å². The average Bonchev–Trinajstić information content (AvgIpc) is 3.04. The van der Waals surface area contributed by atoms with Crippen LogP contribution in [0.5, 0.6) is 0 Å². The van der Waals surface area contributed by atoms with Gasteiger partial charge in [-0.05, 0) is 49.6 Å². The Morgan fingerprint density at radius 2 is 2.13 bits per heavy atom. The molecule has 1 atom stereocenters. The van der Waals surface area contributed by atoms with Gasteiger partial charge in [0.05, 0.1) is 11.3 Å². The molecule has 8 heteroatoms. The molecular weight excluding hydrogens is 392 g/mol. The minimum absolute atomic E-state index is 0.0912. The minimum atomic E-state index is -0.951. The number of hydrogen-bond donors (Lipinski definition) is 3. The molecule has 4 N–H and O–H groups in total. The molecule has 0 aliphatic rings. The fourth-order valence-electron chi connectivity index (χ4n) is 3.85. The van der Waals surface area contributed by atoms with Gasteiger partial charge in [-0.25, -0.2) is 9.78 Å². The molecule has 160 valence electrons. The third-order valence-corrected chi connectivity index (χ3v) is 5.35. The van der Waals surface area contributed by atoms with Gasteiger partial charge >= 0.3 is 5.97 Å². The number of aryl methyl sites for hydroxylation is 2. The van der Waals surface area contributed by atoms with Crippen LogP contribution in [0.4, 0.5) is 5.82 Å². The quantitative estimate of drug-likeness (QED) is 0.538. The van der Waals surface area contributed by atoms with Gasteiger partial charge in [-0.1, -0.05) is 24.6 Å². The van der Waals surface area contributed by atoms with E-state index in [1.165, 1.54) is 0 Å². The predicted octanol–water partition coefficient (Wildman–Crippen LogP) is 3.01. The summed E-state index contributed by atoms with van der Waals surface area (Å²) in [6, 6.07) is 9.48. The number of aromatic nitrogens is 3. The second-order valence-corrected chi connectivity index (χ2v) is 7.71. The normalized spacial score (nSPS) is 11.8. The summed E-state index contributed by atoms with van der Waals surface area (Å²) in [4.78, 5) is 16.0. The zero-order valence-corrected chi connectivity index (χ0v) is 18.1. The molecule has 0 saturated carbocycles. The van der Waals surface area contributed by atoms with E-state index in [1.54, 1.807) is 30.1 Å². The van der Waals surface area contributed by atoms with Gasteiger partial charge in [0.25, 0.3) is 0 Å². The Morgan fingerprint density at radius 3 is 2.77 bits per heavy atom. The molecule has 31 heavy (non-hydrogen) atoms. The van der Waals surface area contributed by atoms with Gasteiger partial charge in [-0.15, -0.1) is 0 Å². The molecular formula is C23H26N6O2. The lowest BCUT2D eigenvalue weighted by Gasteiger charge is -2.17. The van der Waals surface area contributed by atoms with E-state index in [-0.39, 0.29) is 11.5 Å². The molecule has 0 bridgehead atoms. The van der Waals surface area contributed by atoms with E-state index in [9.17, 15) is 15.2 Å². The first-order valence-corrected chi connectivity index (χ1v) is 9.96. The molecule has 0 amide bonds. The lowest BCUT2D eigenvalue weighted by atomic mass is 9.88. The van der Waals surface area contributed by atoms with E-state index in [1.807, 2.05) is 33.0 Å². The molecule has 1 unspecified atom stereocenters. The number of aromatic carboxylic acids is 1. The van der Waals surface area contributed by atoms with Crippen LogP contribution >= 0.6 is 0 Å². The monoisotopic (exact) mass is 418 g/mol. The van der Waals surface area contributed by atoms with Crippen LogP contribution in [0, 0.1) is 18.3 Å². The summed E-state index contributed by atoms with van der Waals surface area (Å²) >= 11 is 0. The molecule has 8 nitrogen and oxygen atoms in total. The summed E-state index contributed by atoms with van der Waals surface area (Å²) < 4.78 is 1.56. The number of carboxylic acids is 1. The summed E-state index contributed by atoms with van der Waals surface area (Å²) in [6.45, 7) is 4.42. The van der Waals surface area contributed by atoms with Crippen molar-refractivity contribution in [2.45, 2.75) is 32.7 Å². The van der Waals surface area contributed by atoms with E-state index < -0.39 is 5.97 Å². The van der Waals surface area contributed by atoms with Crippen molar-refractivity contribution in [2.24, 2.45) is 7.05 Å². The lowest BCUT2D eigenvalue weighted by Crippen LogP contribution is -2.10. The molecule has 1 aromatic carbocycles. The van der Waals surface area contributed by atoms with E-state index in [0.717, 1.165) is 33.5 Å². The second kappa shape index (κ2) is 8.98. The van der Waals surface area contributed by atoms with Crippen molar-refractivity contribution in [3.63, 3.8) is 0 Å². The first-order chi connectivity index (χ1) is 14.8. The van der Waals surface area contributed by atoms with Crippen molar-refractivity contribution in [3.05, 3.63) is 64.1 Å². The lowest BCUT2D eigenvalue weighted by molar-refractivity contribution is 0.0695. The fraction of sp³-hybridized carbons (Fsp3) is 0.304. The Kier molecular flexibility index (Phi) is 6.37. The maximum absolute atomic E-state index is 11.7. The third kappa shape index (κ3) is 4.42. The molecule has 3 rings (SSSR count). The van der Waals surface area contributed by atoms with Crippen LogP contribution < -0.4 is 11.1 Å². The molecule has 2 aromatic heterocycles. The summed E-state index contributed by atoms with van der Waals surface area (Å²) in [7, 11) is 3.56. The fourth-order valence-corrected chi connectivity index (χ4v) is 3.85. The highest BCUT2D eigenvalue weighted by Gasteiger charge is 2.21. The van der Waals surface area contributed by atoms with Crippen LogP contribution in [0.25, 0.3) is 11.1 Å². The van der Waals surface area contributed by atoms with Gasteiger partial charge in [0.1, 0.15) is 17.6 Å². The molecule has 3 aromatic rings. The number of pyridine rings is 1. The van der Waals surface area contributed by atoms with Gasteiger partial charge in [0.2, 0.25) is 0 Å². The molecule has 0 aliphatic carbocycles. The number of anilines is 1. The summed E-state index contributed by atoms with van der Waals surface area (Å²) in [5.41, 5.74) is 11.7. The highest BCUT2D eigenvalue weighted by molar-refractivity contribution is 5.89. The summed E-state index contributed by atoms with van der Waals surface area (Å²) in [5, 5.41) is 26.7. The molecule has 0 saturated heterocycles. The van der Waals surface area contributed by atoms with Crippen LogP contribution in [0.15, 0.2) is 30.5 Å². The second-order valence-electron chi connectivity index (χ2n) is 7.71. The number of nitrogen functional groups attached to an aromatic ring is 1. The topological polar surface area (TPSA) is 130 Å². The largest absolute Gasteiger partial charge is 0.478 e. The summed E-state index contributed by atoms with van der Waals surface area (Å²) in [5.74, 6) is -0.656. The van der Waals surface area contributed by atoms with Crippen LogP contribution in [-0.4, -0.2) is 32.9 Å². The highest BCUT2D eigenvalue weighted by Crippen LogP contribution is 2.32. The SMILES string of the molecule is CNCc1nn(C)c(C#N)c1-c1cnc(N)c(CC(C)c2cc(C)ccc2C(=O)O)c1. The van der Waals surface area contributed by atoms with Crippen molar-refractivity contribution in [1.29, 1.82) is 5.26 Å². The van der Waals surface area contributed by atoms with Crippen LogP contribution in [0.1, 0.15) is 51.3 Å². The number of nitrogens with two attached hydrogens (primary N) is 1. The molecule has 0 fully saturated rings. The number of nitriles is 1. The Bertz CT molecular complexity index is 1180. The van der Waals surface area contributed by atoms with Crippen LogP contribution in [0.3, 0.4) is 0 Å². The Labute approximate surface area is 181 Å². The van der Waals surface area contributed by atoms with E-state index >= 15 is 0 Å². The summed E-state index contributed by atoms with van der Waals surface area (Å²) in [6.07, 6.45) is 2.16. The first-order valence-electron chi connectivity index (χ1n) is 9.96. The number of carbonyl (C=O) groups is 1. The van der Waals surface area contributed by atoms with Gasteiger partial charge in [0, 0.05) is 30.9 Å². The standard InChI is InChI=1S/C23H26N6O2/c1-13-5-6-17(23(30)31)18(7-13)14(2)8-15-9-16(11-27-22(15)25)21-19(12-26-3)28-29(4)20(21)10-24/h5-7,9,11,14,26H,8,12H2,1-4H3,(H2,25,27)(H,30,31). The maximum atomic E-state index is 11.7. The van der Waals surface area contributed by atoms with Gasteiger partial charge in [-0.3, -0.25) is 4.68 Å². The van der Waals surface area contributed by atoms with Crippen LogP contribution in [-0.2, 0) is 20.0 Å². The zero-order chi connectivity index (χ0) is 22.7. The van der Waals surface area contributed by atoms with Crippen molar-refractivity contribution in [1.82, 2.24) is 20.1 Å². The average molecular weight is 419 g/mol. The zero-order valence-electron chi connectivity index (χ0n) is 18.1. The van der Waals surface area contributed by atoms with Crippen LogP contribution in [0.2, 0.25) is 0 Å². The number of benzene rings is 1. The van der Waals surface area contributed by atoms with E-state index in [0.29, 0.717) is 24.5 Å². The molecule has 0 spiro atoms. The van der Waals surface area contributed by atoms with Crippen molar-refractivity contribution in [3.8, 4) is 17.2 Å². The van der Waals surface area contributed by atoms with E-state index in [4.69, 9.17) is 5.73 Å². The Hall–Kier alpha value is -3.70. The number of nitrogens with zero attached hydrogens (tertiary/aromatic N) is 4. The Balaban J connectivity index is 2.04. The number of hydrogen-bond acceptors (Lipinski definition) is 6. The smallest absolute Gasteiger partial charge is 0.335 e. The molecule has 0 radical (unpaired) electrons. The minimum Gasteiger partial charge on any atom is -0.478 e. The van der Waals surface area contributed by atoms with Gasteiger partial charge < -0.3 is 16.2 Å². The first kappa shape index (κ1) is 22.0. The Morgan fingerprint density at radius 1 is 1.39 bits per heavy atom. The van der Waals surface area contributed by atoms with Gasteiger partial charge in [0.15, 0.2) is 0 Å². The van der Waals surface area contributed by atoms with Crippen molar-refractivity contribution >= 4 is 11.8 Å². The molecule has 2 heterocycles. The molecule has 0 aliphatic heterocycles. The number of nitrogens with one attached hydrogen (secondary N) is 1. The van der Waals surface area contributed by atoms with Gasteiger partial charge in [-0.2, -0.15) is 10.4 Å². The van der Waals surface area contributed by atoms with Crippen molar-refractivity contribution < 1.29 is 9.90 Å². The highest BCUT2D eigenvalue weighted by atomic mass is 16.4.